The zero-order valence-electron chi connectivity index (χ0n) is 21.4. The Labute approximate surface area is 252 Å². The highest BCUT2D eigenvalue weighted by molar-refractivity contribution is 9.11. The van der Waals surface area contributed by atoms with E-state index < -0.39 is 18.5 Å². The maximum Gasteiger partial charge on any atom is 0.341 e. The highest BCUT2D eigenvalue weighted by atomic mass is 79.9. The Morgan fingerprint density at radius 1 is 0.900 bits per heavy atom. The van der Waals surface area contributed by atoms with Gasteiger partial charge in [-0.05, 0) is 55.0 Å². The number of carbonyl (C=O) groups is 4. The number of rotatable bonds is 10. The number of carbonyl (C=O) groups excluding carboxylic acids is 2. The number of nitrogens with one attached hydrogen (secondary N) is 2. The maximum absolute atomic E-state index is 12.2. The Bertz CT molecular complexity index is 1350. The molecular formula is C27H26Br2ClN3O7. The van der Waals surface area contributed by atoms with E-state index in [1.54, 1.807) is 30.3 Å². The van der Waals surface area contributed by atoms with E-state index in [-0.39, 0.29) is 30.7 Å². The van der Waals surface area contributed by atoms with Crippen molar-refractivity contribution in [2.75, 3.05) is 35.2 Å². The third kappa shape index (κ3) is 11.2. The lowest BCUT2D eigenvalue weighted by Gasteiger charge is -2.23. The van der Waals surface area contributed by atoms with Gasteiger partial charge in [-0.15, -0.1) is 0 Å². The maximum atomic E-state index is 12.2. The topological polar surface area (TPSA) is 145 Å². The molecular weight excluding hydrogens is 674 g/mol. The van der Waals surface area contributed by atoms with Crippen molar-refractivity contribution >= 4 is 84.3 Å². The lowest BCUT2D eigenvalue weighted by Crippen LogP contribution is -2.37. The summed E-state index contributed by atoms with van der Waals surface area (Å²) in [6.45, 7) is 2.45. The zero-order valence-corrected chi connectivity index (χ0v) is 25.3. The molecule has 212 valence electrons. The largest absolute Gasteiger partial charge is 0.480 e. The van der Waals surface area contributed by atoms with E-state index in [0.29, 0.717) is 22.1 Å². The van der Waals surface area contributed by atoms with E-state index in [2.05, 4.69) is 42.5 Å². The van der Waals surface area contributed by atoms with E-state index in [1.807, 2.05) is 25.1 Å². The second-order valence-electron chi connectivity index (χ2n) is 8.20. The third-order valence-corrected chi connectivity index (χ3v) is 6.83. The van der Waals surface area contributed by atoms with Crippen LogP contribution in [0.25, 0.3) is 0 Å². The lowest BCUT2D eigenvalue weighted by molar-refractivity contribution is -0.139. The van der Waals surface area contributed by atoms with Gasteiger partial charge in [0.05, 0.1) is 12.2 Å². The average molecular weight is 700 g/mol. The van der Waals surface area contributed by atoms with Gasteiger partial charge in [0.15, 0.2) is 6.61 Å². The molecule has 0 aliphatic carbocycles. The van der Waals surface area contributed by atoms with Gasteiger partial charge in [-0.3, -0.25) is 14.4 Å². The standard InChI is InChI=1S/C17H16Br2N2O3.C10H10ClNO4/c1-11-14(18)7-13(8-15(11)19)21(10-17(23)24)9-16(22)20-12-5-3-2-4-6-12;1-6(13)12-8-4-7(11)2-3-9(8)16-5-10(14)15/h2-8H,9-10H2,1H3,(H,20,22)(H,23,24);2-4H,5H2,1H3,(H,12,13)(H,14,15). The van der Waals surface area contributed by atoms with E-state index >= 15 is 0 Å². The Kier molecular flexibility index (Phi) is 12.9. The number of benzene rings is 3. The molecule has 40 heavy (non-hydrogen) atoms. The number of hydrogen-bond acceptors (Lipinski definition) is 6. The van der Waals surface area contributed by atoms with Crippen LogP contribution in [-0.4, -0.2) is 53.7 Å². The second-order valence-corrected chi connectivity index (χ2v) is 10.3. The van der Waals surface area contributed by atoms with E-state index in [1.165, 1.54) is 24.0 Å². The summed E-state index contributed by atoms with van der Waals surface area (Å²) >= 11 is 12.6. The van der Waals surface area contributed by atoms with Crippen LogP contribution in [0.5, 0.6) is 5.75 Å². The summed E-state index contributed by atoms with van der Waals surface area (Å²) in [4.78, 5) is 46.1. The van der Waals surface area contributed by atoms with Gasteiger partial charge in [-0.25, -0.2) is 4.79 Å². The molecule has 3 rings (SSSR count). The first-order valence-electron chi connectivity index (χ1n) is 11.5. The molecule has 4 N–H and O–H groups in total. The molecule has 3 aromatic carbocycles. The van der Waals surface area contributed by atoms with Crippen molar-refractivity contribution in [2.24, 2.45) is 0 Å². The quantitative estimate of drug-likeness (QED) is 0.208. The number of halogens is 3. The number of hydrogen-bond donors (Lipinski definition) is 4. The van der Waals surface area contributed by atoms with Crippen molar-refractivity contribution in [1.29, 1.82) is 0 Å². The van der Waals surface area contributed by atoms with Crippen LogP contribution in [0, 0.1) is 6.92 Å². The van der Waals surface area contributed by atoms with Crippen LogP contribution >= 0.6 is 43.5 Å². The van der Waals surface area contributed by atoms with Crippen LogP contribution in [0.3, 0.4) is 0 Å². The van der Waals surface area contributed by atoms with Gasteiger partial charge in [-0.1, -0.05) is 61.7 Å². The monoisotopic (exact) mass is 697 g/mol. The minimum Gasteiger partial charge on any atom is -0.480 e. The fourth-order valence-corrected chi connectivity index (χ4v) is 4.50. The molecule has 0 heterocycles. The smallest absolute Gasteiger partial charge is 0.341 e. The molecule has 0 radical (unpaired) electrons. The van der Waals surface area contributed by atoms with E-state index in [4.69, 9.17) is 26.6 Å². The van der Waals surface area contributed by atoms with Gasteiger partial charge in [0.1, 0.15) is 12.3 Å². The molecule has 0 aliphatic rings. The molecule has 0 fully saturated rings. The number of para-hydroxylation sites is 1. The van der Waals surface area contributed by atoms with Crippen LogP contribution < -0.4 is 20.3 Å². The number of anilines is 3. The first kappa shape index (κ1) is 32.6. The summed E-state index contributed by atoms with van der Waals surface area (Å²) in [6.07, 6.45) is 0. The van der Waals surface area contributed by atoms with Crippen molar-refractivity contribution in [3.05, 3.63) is 80.2 Å². The van der Waals surface area contributed by atoms with Crippen molar-refractivity contribution in [1.82, 2.24) is 0 Å². The summed E-state index contributed by atoms with van der Waals surface area (Å²) in [6, 6.07) is 17.2. The highest BCUT2D eigenvalue weighted by Crippen LogP contribution is 2.31. The zero-order chi connectivity index (χ0) is 29.8. The highest BCUT2D eigenvalue weighted by Gasteiger charge is 2.17. The van der Waals surface area contributed by atoms with Crippen molar-refractivity contribution in [3.63, 3.8) is 0 Å². The van der Waals surface area contributed by atoms with E-state index in [9.17, 15) is 19.2 Å². The minimum absolute atomic E-state index is 0.0663. The molecule has 0 saturated heterocycles. The van der Waals surface area contributed by atoms with Gasteiger partial charge in [0, 0.05) is 32.3 Å². The Balaban J connectivity index is 0.000000305. The lowest BCUT2D eigenvalue weighted by atomic mass is 10.2. The van der Waals surface area contributed by atoms with Crippen LogP contribution in [-0.2, 0) is 19.2 Å². The van der Waals surface area contributed by atoms with Crippen LogP contribution in [0.2, 0.25) is 5.02 Å². The first-order valence-corrected chi connectivity index (χ1v) is 13.5. The molecule has 0 spiro atoms. The SMILES string of the molecule is CC(=O)Nc1cc(Cl)ccc1OCC(=O)O.Cc1c(Br)cc(N(CC(=O)O)CC(=O)Nc2ccccc2)cc1Br. The fraction of sp³-hybridized carbons (Fsp3) is 0.185. The van der Waals surface area contributed by atoms with Crippen molar-refractivity contribution in [2.45, 2.75) is 13.8 Å². The summed E-state index contributed by atoms with van der Waals surface area (Å²) in [5, 5.41) is 23.3. The molecule has 3 aromatic rings. The molecule has 0 atom stereocenters. The number of nitrogens with zero attached hydrogens (tertiary/aromatic N) is 1. The molecule has 2 amide bonds. The van der Waals surface area contributed by atoms with Gasteiger partial charge >= 0.3 is 11.9 Å². The number of carboxylic acid groups (broad SMARTS) is 2. The number of ether oxygens (including phenoxy) is 1. The number of carboxylic acids is 2. The molecule has 0 bridgehead atoms. The van der Waals surface area contributed by atoms with Gasteiger partial charge in [0.25, 0.3) is 0 Å². The predicted octanol–water partition coefficient (Wildman–Crippen LogP) is 5.81. The van der Waals surface area contributed by atoms with Crippen molar-refractivity contribution in [3.8, 4) is 5.75 Å². The van der Waals surface area contributed by atoms with E-state index in [0.717, 1.165) is 14.5 Å². The second kappa shape index (κ2) is 15.8. The minimum atomic E-state index is -1.09. The predicted molar refractivity (Wildman–Crippen MR) is 160 cm³/mol. The van der Waals surface area contributed by atoms with Crippen LogP contribution in [0.15, 0.2) is 69.6 Å². The summed E-state index contributed by atoms with van der Waals surface area (Å²) in [5.41, 5.74) is 2.66. The first-order chi connectivity index (χ1) is 18.8. The van der Waals surface area contributed by atoms with Crippen LogP contribution in [0.4, 0.5) is 17.1 Å². The number of amides is 2. The van der Waals surface area contributed by atoms with Crippen molar-refractivity contribution < 1.29 is 34.1 Å². The molecule has 0 unspecified atom stereocenters. The van der Waals surface area contributed by atoms with Gasteiger partial charge in [0.2, 0.25) is 11.8 Å². The number of aliphatic carboxylic acids is 2. The van der Waals surface area contributed by atoms with Gasteiger partial charge < -0.3 is 30.5 Å². The summed E-state index contributed by atoms with van der Waals surface area (Å²) in [5.74, 6) is -2.40. The average Bonchev–Trinajstić information content (AvgIpc) is 2.86. The summed E-state index contributed by atoms with van der Waals surface area (Å²) < 4.78 is 6.66. The molecule has 0 aromatic heterocycles. The molecule has 0 saturated carbocycles. The van der Waals surface area contributed by atoms with Crippen LogP contribution in [0.1, 0.15) is 12.5 Å². The molecule has 0 aliphatic heterocycles. The Morgan fingerprint density at radius 2 is 1.52 bits per heavy atom. The Morgan fingerprint density at radius 3 is 2.08 bits per heavy atom. The molecule has 13 heteroatoms. The fourth-order valence-electron chi connectivity index (χ4n) is 3.17. The Hall–Kier alpha value is -3.61. The third-order valence-electron chi connectivity index (χ3n) is 4.95. The summed E-state index contributed by atoms with van der Waals surface area (Å²) in [7, 11) is 0. The normalized spacial score (nSPS) is 10.0. The van der Waals surface area contributed by atoms with Gasteiger partial charge in [-0.2, -0.15) is 0 Å². The molecule has 10 nitrogen and oxygen atoms in total.